The number of ether oxygens (including phenoxy) is 1. The maximum Gasteiger partial charge on any atom is 0.243 e. The first-order valence-electron chi connectivity index (χ1n) is 10.1. The van der Waals surface area contributed by atoms with Gasteiger partial charge in [0.2, 0.25) is 15.9 Å². The number of nitrogens with zero attached hydrogens (tertiary/aromatic N) is 2. The molecule has 1 atom stereocenters. The lowest BCUT2D eigenvalue weighted by Gasteiger charge is -2.26. The number of anilines is 1. The van der Waals surface area contributed by atoms with E-state index in [-0.39, 0.29) is 16.8 Å². The summed E-state index contributed by atoms with van der Waals surface area (Å²) in [6, 6.07) is 13.1. The van der Waals surface area contributed by atoms with E-state index >= 15 is 0 Å². The van der Waals surface area contributed by atoms with Crippen molar-refractivity contribution in [2.75, 3.05) is 31.2 Å². The molecule has 0 spiro atoms. The minimum absolute atomic E-state index is 0.0913. The second-order valence-corrected chi connectivity index (χ2v) is 10.6. The molecule has 2 aromatic carbocycles. The van der Waals surface area contributed by atoms with Gasteiger partial charge in [0.25, 0.3) is 0 Å². The lowest BCUT2D eigenvalue weighted by Crippen LogP contribution is -2.40. The predicted molar refractivity (Wildman–Crippen MR) is 119 cm³/mol. The maximum atomic E-state index is 12.9. The summed E-state index contributed by atoms with van der Waals surface area (Å²) >= 11 is 3.49. The van der Waals surface area contributed by atoms with Crippen molar-refractivity contribution in [2.24, 2.45) is 0 Å². The van der Waals surface area contributed by atoms with Gasteiger partial charge in [-0.2, -0.15) is 4.31 Å². The van der Waals surface area contributed by atoms with Gasteiger partial charge in [0.1, 0.15) is 0 Å². The number of rotatable bonds is 5. The van der Waals surface area contributed by atoms with Crippen LogP contribution in [0.25, 0.3) is 0 Å². The molecule has 1 saturated heterocycles. The van der Waals surface area contributed by atoms with Crippen LogP contribution in [0.3, 0.4) is 0 Å². The van der Waals surface area contributed by atoms with Crippen molar-refractivity contribution in [3.05, 3.63) is 58.1 Å². The quantitative estimate of drug-likeness (QED) is 0.641. The van der Waals surface area contributed by atoms with Crippen LogP contribution in [-0.4, -0.2) is 51.0 Å². The van der Waals surface area contributed by atoms with E-state index in [0.29, 0.717) is 39.1 Å². The Kier molecular flexibility index (Phi) is 6.29. The zero-order valence-corrected chi connectivity index (χ0v) is 19.3. The van der Waals surface area contributed by atoms with Crippen molar-refractivity contribution in [3.8, 4) is 0 Å². The summed E-state index contributed by atoms with van der Waals surface area (Å²) in [6.45, 7) is 3.68. The van der Waals surface area contributed by atoms with Crippen LogP contribution in [0.2, 0.25) is 0 Å². The molecule has 0 aliphatic carbocycles. The van der Waals surface area contributed by atoms with E-state index in [1.54, 1.807) is 24.3 Å². The van der Waals surface area contributed by atoms with Gasteiger partial charge in [-0.05, 0) is 61.2 Å². The van der Waals surface area contributed by atoms with E-state index in [1.165, 1.54) is 9.87 Å². The standard InChI is InChI=1S/C22H25BrN2O4S/c1-16-14-18-15-19(23)5-8-21(18)25(16)22(26)9-4-17-2-6-20(7-3-17)30(27,28)24-10-12-29-13-11-24/h2-3,5-8,15-16H,4,9-14H2,1H3. The smallest absolute Gasteiger partial charge is 0.243 e. The lowest BCUT2D eigenvalue weighted by molar-refractivity contribution is -0.118. The van der Waals surface area contributed by atoms with Crippen LogP contribution in [0.15, 0.2) is 51.8 Å². The fraction of sp³-hybridized carbons (Fsp3) is 0.409. The topological polar surface area (TPSA) is 66.9 Å². The highest BCUT2D eigenvalue weighted by Crippen LogP contribution is 2.34. The largest absolute Gasteiger partial charge is 0.379 e. The number of sulfonamides is 1. The number of hydrogen-bond donors (Lipinski definition) is 0. The van der Waals surface area contributed by atoms with Crippen molar-refractivity contribution >= 4 is 37.5 Å². The molecule has 6 nitrogen and oxygen atoms in total. The summed E-state index contributed by atoms with van der Waals surface area (Å²) in [6.07, 6.45) is 1.82. The van der Waals surface area contributed by atoms with Gasteiger partial charge in [0.05, 0.1) is 18.1 Å². The maximum absolute atomic E-state index is 12.9. The SMILES string of the molecule is CC1Cc2cc(Br)ccc2N1C(=O)CCc1ccc(S(=O)(=O)N2CCOCC2)cc1. The molecule has 1 fully saturated rings. The van der Waals surface area contributed by atoms with Crippen LogP contribution in [0.1, 0.15) is 24.5 Å². The summed E-state index contributed by atoms with van der Waals surface area (Å²) in [7, 11) is -3.49. The minimum Gasteiger partial charge on any atom is -0.379 e. The Morgan fingerprint density at radius 2 is 1.83 bits per heavy atom. The number of carbonyl (C=O) groups is 1. The van der Waals surface area contributed by atoms with Gasteiger partial charge >= 0.3 is 0 Å². The van der Waals surface area contributed by atoms with E-state index in [1.807, 2.05) is 17.0 Å². The Morgan fingerprint density at radius 3 is 2.53 bits per heavy atom. The highest BCUT2D eigenvalue weighted by Gasteiger charge is 2.30. The van der Waals surface area contributed by atoms with Crippen LogP contribution in [0.5, 0.6) is 0 Å². The van der Waals surface area contributed by atoms with Gasteiger partial charge in [0, 0.05) is 35.7 Å². The summed E-state index contributed by atoms with van der Waals surface area (Å²) < 4.78 is 33.2. The van der Waals surface area contributed by atoms with Gasteiger partial charge in [-0.3, -0.25) is 4.79 Å². The van der Waals surface area contributed by atoms with Crippen molar-refractivity contribution in [3.63, 3.8) is 0 Å². The van der Waals surface area contributed by atoms with Crippen molar-refractivity contribution < 1.29 is 17.9 Å². The molecule has 0 N–H and O–H groups in total. The van der Waals surface area contributed by atoms with E-state index < -0.39 is 10.0 Å². The molecule has 2 aliphatic heterocycles. The number of benzene rings is 2. The lowest BCUT2D eigenvalue weighted by atomic mass is 10.1. The zero-order chi connectivity index (χ0) is 21.3. The van der Waals surface area contributed by atoms with Crippen LogP contribution < -0.4 is 4.90 Å². The first-order chi connectivity index (χ1) is 14.4. The third-order valence-electron chi connectivity index (χ3n) is 5.68. The highest BCUT2D eigenvalue weighted by atomic mass is 79.9. The second-order valence-electron chi connectivity index (χ2n) is 7.75. The third kappa shape index (κ3) is 4.32. The monoisotopic (exact) mass is 492 g/mol. The fourth-order valence-electron chi connectivity index (χ4n) is 4.12. The number of carbonyl (C=O) groups excluding carboxylic acids is 1. The molecule has 1 amide bonds. The Bertz CT molecular complexity index is 1030. The molecule has 2 aliphatic rings. The first-order valence-corrected chi connectivity index (χ1v) is 12.4. The average molecular weight is 493 g/mol. The Morgan fingerprint density at radius 1 is 1.13 bits per heavy atom. The van der Waals surface area contributed by atoms with Crippen LogP contribution in [0, 0.1) is 0 Å². The van der Waals surface area contributed by atoms with Gasteiger partial charge in [-0.25, -0.2) is 8.42 Å². The summed E-state index contributed by atoms with van der Waals surface area (Å²) in [5.41, 5.74) is 3.12. The summed E-state index contributed by atoms with van der Waals surface area (Å²) in [5.74, 6) is 0.0913. The van der Waals surface area contributed by atoms with Gasteiger partial charge in [-0.1, -0.05) is 28.1 Å². The molecular weight excluding hydrogens is 468 g/mol. The average Bonchev–Trinajstić information content (AvgIpc) is 3.07. The van der Waals surface area contributed by atoms with Gasteiger partial charge in [-0.15, -0.1) is 0 Å². The molecule has 0 radical (unpaired) electrons. The summed E-state index contributed by atoms with van der Waals surface area (Å²) in [4.78, 5) is 15.1. The molecule has 2 heterocycles. The Hall–Kier alpha value is -1.74. The first kappa shape index (κ1) is 21.5. The Balaban J connectivity index is 1.40. The zero-order valence-electron chi connectivity index (χ0n) is 16.9. The van der Waals surface area contributed by atoms with Gasteiger partial charge in [0.15, 0.2) is 0 Å². The van der Waals surface area contributed by atoms with Crippen LogP contribution >= 0.6 is 15.9 Å². The third-order valence-corrected chi connectivity index (χ3v) is 8.09. The van der Waals surface area contributed by atoms with Crippen LogP contribution in [0.4, 0.5) is 5.69 Å². The highest BCUT2D eigenvalue weighted by molar-refractivity contribution is 9.10. The number of morpholine rings is 1. The number of hydrogen-bond acceptors (Lipinski definition) is 4. The number of amides is 1. The van der Waals surface area contributed by atoms with E-state index in [9.17, 15) is 13.2 Å². The molecule has 0 aromatic heterocycles. The van der Waals surface area contributed by atoms with E-state index in [4.69, 9.17) is 4.74 Å². The normalized spacial score (nSPS) is 19.7. The minimum atomic E-state index is -3.49. The molecule has 1 unspecified atom stereocenters. The molecule has 0 bridgehead atoms. The van der Waals surface area contributed by atoms with Gasteiger partial charge < -0.3 is 9.64 Å². The number of aryl methyl sites for hydroxylation is 1. The van der Waals surface area contributed by atoms with Crippen molar-refractivity contribution in [1.29, 1.82) is 0 Å². The van der Waals surface area contributed by atoms with Crippen molar-refractivity contribution in [1.82, 2.24) is 4.31 Å². The Labute approximate surface area is 186 Å². The number of halogens is 1. The van der Waals surface area contributed by atoms with E-state index in [0.717, 1.165) is 22.1 Å². The molecule has 4 rings (SSSR count). The number of fused-ring (bicyclic) bond motifs is 1. The molecular formula is C22H25BrN2O4S. The molecule has 0 saturated carbocycles. The molecule has 30 heavy (non-hydrogen) atoms. The fourth-order valence-corrected chi connectivity index (χ4v) is 5.93. The second kappa shape index (κ2) is 8.78. The predicted octanol–water partition coefficient (Wildman–Crippen LogP) is 3.38. The molecule has 160 valence electrons. The summed E-state index contributed by atoms with van der Waals surface area (Å²) in [5, 5.41) is 0. The van der Waals surface area contributed by atoms with Crippen molar-refractivity contribution in [2.45, 2.75) is 37.1 Å². The van der Waals surface area contributed by atoms with Crippen LogP contribution in [-0.2, 0) is 32.4 Å². The van der Waals surface area contributed by atoms with E-state index in [2.05, 4.69) is 28.9 Å². The molecule has 2 aromatic rings. The molecule has 8 heteroatoms.